The van der Waals surface area contributed by atoms with Gasteiger partial charge in [-0.05, 0) is 48.4 Å². The van der Waals surface area contributed by atoms with Gasteiger partial charge in [-0.25, -0.2) is 0 Å². The number of carbonyl (C=O) groups is 1. The minimum Gasteiger partial charge on any atom is -0.467 e. The van der Waals surface area contributed by atoms with Crippen LogP contribution in [-0.4, -0.2) is 15.8 Å². The number of rotatable bonds is 5. The lowest BCUT2D eigenvalue weighted by Gasteiger charge is -2.27. The van der Waals surface area contributed by atoms with Crippen molar-refractivity contribution in [3.05, 3.63) is 66.4 Å². The first-order valence-corrected chi connectivity index (χ1v) is 8.18. The Morgan fingerprint density at radius 1 is 1.22 bits per heavy atom. The molecule has 118 valence electrons. The van der Waals surface area contributed by atoms with E-state index in [4.69, 9.17) is 4.42 Å². The zero-order valence-electron chi connectivity index (χ0n) is 13.0. The van der Waals surface area contributed by atoms with Gasteiger partial charge in [-0.1, -0.05) is 18.2 Å². The molecule has 2 aliphatic carbocycles. The van der Waals surface area contributed by atoms with Crippen LogP contribution in [0, 0.1) is 17.8 Å². The fourth-order valence-electron chi connectivity index (χ4n) is 3.81. The Balaban J connectivity index is 1.54. The summed E-state index contributed by atoms with van der Waals surface area (Å²) in [4.78, 5) is 19.2. The first-order chi connectivity index (χ1) is 11.3. The van der Waals surface area contributed by atoms with Gasteiger partial charge in [0, 0.05) is 24.9 Å². The second-order valence-electron chi connectivity index (χ2n) is 6.52. The van der Waals surface area contributed by atoms with Gasteiger partial charge in [0.25, 0.3) is 0 Å². The van der Waals surface area contributed by atoms with E-state index in [0.29, 0.717) is 24.9 Å². The van der Waals surface area contributed by atoms with Gasteiger partial charge in [0.05, 0.1) is 12.8 Å². The molecule has 4 rings (SSSR count). The third-order valence-corrected chi connectivity index (χ3v) is 4.93. The molecule has 0 spiro atoms. The van der Waals surface area contributed by atoms with Crippen LogP contribution in [0.3, 0.4) is 0 Å². The fourth-order valence-corrected chi connectivity index (χ4v) is 3.81. The van der Waals surface area contributed by atoms with Crippen LogP contribution in [0.2, 0.25) is 0 Å². The zero-order valence-corrected chi connectivity index (χ0v) is 13.0. The molecule has 2 heterocycles. The van der Waals surface area contributed by atoms with Gasteiger partial charge in [-0.15, -0.1) is 0 Å². The van der Waals surface area contributed by atoms with E-state index in [1.165, 1.54) is 0 Å². The summed E-state index contributed by atoms with van der Waals surface area (Å²) in [5.41, 5.74) is 1.05. The predicted octanol–water partition coefficient (Wildman–Crippen LogP) is 3.42. The molecule has 3 atom stereocenters. The number of nitrogens with zero attached hydrogens (tertiary/aromatic N) is 2. The number of fused-ring (bicyclic) bond motifs is 2. The molecule has 4 nitrogen and oxygen atoms in total. The molecule has 0 unspecified atom stereocenters. The highest BCUT2D eigenvalue weighted by Gasteiger charge is 2.41. The summed E-state index contributed by atoms with van der Waals surface area (Å²) in [6, 6.07) is 7.70. The van der Waals surface area contributed by atoms with Crippen molar-refractivity contribution in [2.75, 3.05) is 0 Å². The molecule has 0 saturated heterocycles. The molecule has 2 aliphatic rings. The van der Waals surface area contributed by atoms with Crippen LogP contribution in [0.1, 0.15) is 24.2 Å². The normalized spacial score (nSPS) is 25.0. The largest absolute Gasteiger partial charge is 0.467 e. The fraction of sp³-hybridized carbons (Fsp3) is 0.368. The minimum absolute atomic E-state index is 0.122. The average Bonchev–Trinajstić information content (AvgIpc) is 3.32. The lowest BCUT2D eigenvalue weighted by molar-refractivity contribution is -0.138. The third-order valence-electron chi connectivity index (χ3n) is 4.93. The number of pyridine rings is 1. The Labute approximate surface area is 135 Å². The van der Waals surface area contributed by atoms with E-state index in [1.807, 2.05) is 35.4 Å². The molecular formula is C19H20N2O2. The maximum atomic E-state index is 13.1. The first-order valence-electron chi connectivity index (χ1n) is 8.18. The van der Waals surface area contributed by atoms with Gasteiger partial charge in [-0.2, -0.15) is 0 Å². The van der Waals surface area contributed by atoms with Crippen molar-refractivity contribution in [3.8, 4) is 0 Å². The van der Waals surface area contributed by atoms with E-state index in [1.54, 1.807) is 12.5 Å². The summed E-state index contributed by atoms with van der Waals surface area (Å²) in [7, 11) is 0. The van der Waals surface area contributed by atoms with Crippen LogP contribution in [0.4, 0.5) is 0 Å². The van der Waals surface area contributed by atoms with Crippen molar-refractivity contribution < 1.29 is 9.21 Å². The summed E-state index contributed by atoms with van der Waals surface area (Å²) < 4.78 is 5.45. The van der Waals surface area contributed by atoms with Crippen molar-refractivity contribution in [1.29, 1.82) is 0 Å². The highest BCUT2D eigenvalue weighted by atomic mass is 16.3. The highest BCUT2D eigenvalue weighted by Crippen LogP contribution is 2.44. The second-order valence-corrected chi connectivity index (χ2v) is 6.52. The van der Waals surface area contributed by atoms with Gasteiger partial charge in [0.1, 0.15) is 5.76 Å². The molecule has 0 radical (unpaired) electrons. The summed E-state index contributed by atoms with van der Waals surface area (Å²) in [6.07, 6.45) is 11.9. The molecule has 4 heteroatoms. The summed E-state index contributed by atoms with van der Waals surface area (Å²) in [5, 5.41) is 0. The molecule has 1 amide bonds. The second kappa shape index (κ2) is 6.03. The molecule has 23 heavy (non-hydrogen) atoms. The predicted molar refractivity (Wildman–Crippen MR) is 86.0 cm³/mol. The molecule has 0 aromatic carbocycles. The van der Waals surface area contributed by atoms with E-state index >= 15 is 0 Å². The lowest BCUT2D eigenvalue weighted by atomic mass is 9.92. The Kier molecular flexibility index (Phi) is 3.74. The topological polar surface area (TPSA) is 46.3 Å². The maximum Gasteiger partial charge on any atom is 0.227 e. The van der Waals surface area contributed by atoms with Crippen molar-refractivity contribution in [2.24, 2.45) is 17.8 Å². The molecule has 0 N–H and O–H groups in total. The third kappa shape index (κ3) is 2.93. The Morgan fingerprint density at radius 2 is 2.17 bits per heavy atom. The molecule has 1 saturated carbocycles. The van der Waals surface area contributed by atoms with E-state index in [2.05, 4.69) is 17.1 Å². The standard InChI is InChI=1S/C19H20N2O2/c22-19(18-10-14-5-6-16(18)9-14)21(13-17-4-2-8-23-17)12-15-3-1-7-20-11-15/h1-8,11,14,16,18H,9-10,12-13H2/t14-,16-,18-/m0/s1. The van der Waals surface area contributed by atoms with Crippen molar-refractivity contribution >= 4 is 5.91 Å². The first kappa shape index (κ1) is 14.2. The maximum absolute atomic E-state index is 13.1. The van der Waals surface area contributed by atoms with Gasteiger partial charge in [0.2, 0.25) is 5.91 Å². The molecule has 2 aromatic rings. The van der Waals surface area contributed by atoms with Crippen molar-refractivity contribution in [2.45, 2.75) is 25.9 Å². The van der Waals surface area contributed by atoms with E-state index in [0.717, 1.165) is 24.2 Å². The number of carbonyl (C=O) groups excluding carboxylic acids is 1. The number of hydrogen-bond acceptors (Lipinski definition) is 3. The smallest absolute Gasteiger partial charge is 0.227 e. The number of allylic oxidation sites excluding steroid dienone is 2. The number of amides is 1. The van der Waals surface area contributed by atoms with Crippen LogP contribution < -0.4 is 0 Å². The highest BCUT2D eigenvalue weighted by molar-refractivity contribution is 5.80. The van der Waals surface area contributed by atoms with E-state index < -0.39 is 0 Å². The summed E-state index contributed by atoms with van der Waals surface area (Å²) >= 11 is 0. The van der Waals surface area contributed by atoms with Crippen LogP contribution >= 0.6 is 0 Å². The van der Waals surface area contributed by atoms with Gasteiger partial charge in [0.15, 0.2) is 0 Å². The van der Waals surface area contributed by atoms with E-state index in [-0.39, 0.29) is 11.8 Å². The quantitative estimate of drug-likeness (QED) is 0.795. The molecule has 1 fully saturated rings. The number of aromatic nitrogens is 1. The van der Waals surface area contributed by atoms with Gasteiger partial charge in [-0.3, -0.25) is 9.78 Å². The zero-order chi connectivity index (χ0) is 15.6. The van der Waals surface area contributed by atoms with Gasteiger partial charge >= 0.3 is 0 Å². The Hall–Kier alpha value is -2.36. The molecule has 2 bridgehead atoms. The number of hydrogen-bond donors (Lipinski definition) is 0. The van der Waals surface area contributed by atoms with Crippen molar-refractivity contribution in [1.82, 2.24) is 9.88 Å². The SMILES string of the molecule is O=C([C@H]1C[C@H]2C=C[C@H]1C2)N(Cc1cccnc1)Cc1ccco1. The molecular weight excluding hydrogens is 288 g/mol. The van der Waals surface area contributed by atoms with Crippen molar-refractivity contribution in [3.63, 3.8) is 0 Å². The lowest BCUT2D eigenvalue weighted by Crippen LogP contribution is -2.36. The van der Waals surface area contributed by atoms with Crippen LogP contribution in [0.15, 0.2) is 59.5 Å². The minimum atomic E-state index is 0.122. The van der Waals surface area contributed by atoms with Crippen LogP contribution in [-0.2, 0) is 17.9 Å². The molecule has 0 aliphatic heterocycles. The summed E-state index contributed by atoms with van der Waals surface area (Å²) in [6.45, 7) is 1.09. The van der Waals surface area contributed by atoms with Gasteiger partial charge < -0.3 is 9.32 Å². The van der Waals surface area contributed by atoms with Crippen LogP contribution in [0.5, 0.6) is 0 Å². The summed E-state index contributed by atoms with van der Waals surface area (Å²) in [5.74, 6) is 2.19. The Bertz CT molecular complexity index is 693. The average molecular weight is 308 g/mol. The monoisotopic (exact) mass is 308 g/mol. The molecule has 2 aromatic heterocycles. The van der Waals surface area contributed by atoms with Crippen LogP contribution in [0.25, 0.3) is 0 Å². The van der Waals surface area contributed by atoms with E-state index in [9.17, 15) is 4.79 Å². The Morgan fingerprint density at radius 3 is 2.83 bits per heavy atom. The number of furan rings is 1.